The van der Waals surface area contributed by atoms with Crippen molar-refractivity contribution < 1.29 is 18.3 Å². The second kappa shape index (κ2) is 7.18. The van der Waals surface area contributed by atoms with Crippen molar-refractivity contribution in [2.45, 2.75) is 64.5 Å². The smallest absolute Gasteiger partial charge is 0.387 e. The first kappa shape index (κ1) is 16.2. The van der Waals surface area contributed by atoms with Crippen LogP contribution < -0.4 is 10.1 Å². The molecule has 21 heavy (non-hydrogen) atoms. The fourth-order valence-electron chi connectivity index (χ4n) is 2.95. The van der Waals surface area contributed by atoms with Crippen molar-refractivity contribution >= 4 is 0 Å². The Labute approximate surface area is 124 Å². The minimum atomic E-state index is -2.79. The highest BCUT2D eigenvalue weighted by Gasteiger charge is 2.25. The molecule has 0 aliphatic carbocycles. The summed E-state index contributed by atoms with van der Waals surface area (Å²) in [4.78, 5) is 0. The second-order valence-corrected chi connectivity index (χ2v) is 5.76. The summed E-state index contributed by atoms with van der Waals surface area (Å²) in [7, 11) is 0. The molecule has 3 nitrogen and oxygen atoms in total. The fourth-order valence-corrected chi connectivity index (χ4v) is 2.95. The minimum Gasteiger partial charge on any atom is -0.435 e. The standard InChI is InChI=1S/C16H23F2NO2/c1-10-7-14(8-11(2)20-10)19-12(3)13-5-4-6-15(9-13)21-16(17)18/h4-6,9-12,14,16,19H,7-8H2,1-3H3. The van der Waals surface area contributed by atoms with Crippen LogP contribution in [0.2, 0.25) is 0 Å². The third-order valence-corrected chi connectivity index (χ3v) is 3.77. The number of rotatable bonds is 5. The van der Waals surface area contributed by atoms with Gasteiger partial charge in [-0.15, -0.1) is 0 Å². The van der Waals surface area contributed by atoms with Crippen molar-refractivity contribution in [2.24, 2.45) is 0 Å². The van der Waals surface area contributed by atoms with Crippen LogP contribution in [0.25, 0.3) is 0 Å². The second-order valence-electron chi connectivity index (χ2n) is 5.76. The molecule has 0 saturated carbocycles. The summed E-state index contributed by atoms with van der Waals surface area (Å²) >= 11 is 0. The van der Waals surface area contributed by atoms with Gasteiger partial charge in [0.2, 0.25) is 0 Å². The molecule has 3 atom stereocenters. The molecule has 1 saturated heterocycles. The van der Waals surface area contributed by atoms with Crippen LogP contribution in [-0.4, -0.2) is 24.9 Å². The van der Waals surface area contributed by atoms with E-state index < -0.39 is 6.61 Å². The van der Waals surface area contributed by atoms with Gasteiger partial charge >= 0.3 is 6.61 Å². The summed E-state index contributed by atoms with van der Waals surface area (Å²) in [5.41, 5.74) is 0.944. The third-order valence-electron chi connectivity index (χ3n) is 3.77. The molecule has 0 amide bonds. The summed E-state index contributed by atoms with van der Waals surface area (Å²) in [6.45, 7) is 3.39. The number of nitrogens with one attached hydrogen (secondary N) is 1. The molecule has 2 rings (SSSR count). The molecule has 0 spiro atoms. The van der Waals surface area contributed by atoms with E-state index in [2.05, 4.69) is 23.9 Å². The molecule has 1 aromatic rings. The van der Waals surface area contributed by atoms with Crippen LogP contribution in [0, 0.1) is 0 Å². The van der Waals surface area contributed by atoms with Crippen LogP contribution in [0.4, 0.5) is 8.78 Å². The highest BCUT2D eigenvalue weighted by molar-refractivity contribution is 5.30. The lowest BCUT2D eigenvalue weighted by Crippen LogP contribution is -2.42. The predicted molar refractivity (Wildman–Crippen MR) is 77.7 cm³/mol. The Kier molecular flexibility index (Phi) is 5.53. The van der Waals surface area contributed by atoms with Gasteiger partial charge < -0.3 is 14.8 Å². The summed E-state index contributed by atoms with van der Waals surface area (Å²) in [6.07, 6.45) is 2.41. The van der Waals surface area contributed by atoms with Crippen LogP contribution in [0.3, 0.4) is 0 Å². The van der Waals surface area contributed by atoms with Gasteiger partial charge in [-0.2, -0.15) is 8.78 Å². The summed E-state index contributed by atoms with van der Waals surface area (Å²) in [5.74, 6) is 0.199. The van der Waals surface area contributed by atoms with Crippen molar-refractivity contribution in [1.29, 1.82) is 0 Å². The first-order chi connectivity index (χ1) is 9.94. The average molecular weight is 299 g/mol. The molecule has 118 valence electrons. The maximum atomic E-state index is 12.3. The quantitative estimate of drug-likeness (QED) is 0.894. The first-order valence-electron chi connectivity index (χ1n) is 7.40. The summed E-state index contributed by atoms with van der Waals surface area (Å²) < 4.78 is 34.7. The van der Waals surface area contributed by atoms with E-state index in [-0.39, 0.29) is 24.0 Å². The van der Waals surface area contributed by atoms with Gasteiger partial charge in [0.25, 0.3) is 0 Å². The molecular formula is C16H23F2NO2. The molecule has 0 aromatic heterocycles. The van der Waals surface area contributed by atoms with Crippen LogP contribution in [-0.2, 0) is 4.74 Å². The topological polar surface area (TPSA) is 30.5 Å². The number of ether oxygens (including phenoxy) is 2. The molecule has 1 N–H and O–H groups in total. The molecule has 1 aromatic carbocycles. The highest BCUT2D eigenvalue weighted by Crippen LogP contribution is 2.24. The van der Waals surface area contributed by atoms with Gasteiger partial charge in [0.05, 0.1) is 12.2 Å². The third kappa shape index (κ3) is 4.93. The van der Waals surface area contributed by atoms with Crippen LogP contribution in [0.1, 0.15) is 45.2 Å². The van der Waals surface area contributed by atoms with Gasteiger partial charge in [-0.3, -0.25) is 0 Å². The average Bonchev–Trinajstić information content (AvgIpc) is 2.36. The molecule has 1 fully saturated rings. The van der Waals surface area contributed by atoms with Gasteiger partial charge in [0.1, 0.15) is 5.75 Å². The van der Waals surface area contributed by atoms with Crippen molar-refractivity contribution in [2.75, 3.05) is 0 Å². The predicted octanol–water partition coefficient (Wildman–Crippen LogP) is 3.89. The largest absolute Gasteiger partial charge is 0.435 e. The maximum Gasteiger partial charge on any atom is 0.387 e. The maximum absolute atomic E-state index is 12.3. The molecule has 1 aliphatic rings. The lowest BCUT2D eigenvalue weighted by atomic mass is 9.98. The Bertz CT molecular complexity index is 446. The van der Waals surface area contributed by atoms with Crippen molar-refractivity contribution in [3.05, 3.63) is 29.8 Å². The molecule has 0 radical (unpaired) electrons. The van der Waals surface area contributed by atoms with Crippen molar-refractivity contribution in [3.63, 3.8) is 0 Å². The molecule has 1 heterocycles. The van der Waals surface area contributed by atoms with E-state index in [9.17, 15) is 8.78 Å². The zero-order chi connectivity index (χ0) is 15.4. The molecule has 5 heteroatoms. The lowest BCUT2D eigenvalue weighted by molar-refractivity contribution is -0.0501. The highest BCUT2D eigenvalue weighted by atomic mass is 19.3. The fraction of sp³-hybridized carbons (Fsp3) is 0.625. The number of hydrogen-bond donors (Lipinski definition) is 1. The van der Waals surface area contributed by atoms with E-state index >= 15 is 0 Å². The number of hydrogen-bond acceptors (Lipinski definition) is 3. The van der Waals surface area contributed by atoms with E-state index in [1.807, 2.05) is 13.0 Å². The Morgan fingerprint density at radius 2 is 1.90 bits per heavy atom. The van der Waals surface area contributed by atoms with Gasteiger partial charge in [-0.25, -0.2) is 0 Å². The Balaban J connectivity index is 1.97. The van der Waals surface area contributed by atoms with E-state index in [0.29, 0.717) is 6.04 Å². The van der Waals surface area contributed by atoms with Crippen LogP contribution in [0.15, 0.2) is 24.3 Å². The normalized spacial score (nSPS) is 27.6. The number of benzene rings is 1. The van der Waals surface area contributed by atoms with E-state index in [0.717, 1.165) is 18.4 Å². The first-order valence-corrected chi connectivity index (χ1v) is 7.40. The van der Waals surface area contributed by atoms with Gasteiger partial charge in [-0.05, 0) is 51.3 Å². The Morgan fingerprint density at radius 3 is 2.52 bits per heavy atom. The Morgan fingerprint density at radius 1 is 1.24 bits per heavy atom. The van der Waals surface area contributed by atoms with E-state index in [4.69, 9.17) is 4.74 Å². The van der Waals surface area contributed by atoms with Gasteiger partial charge in [-0.1, -0.05) is 12.1 Å². The molecular weight excluding hydrogens is 276 g/mol. The summed E-state index contributed by atoms with van der Waals surface area (Å²) in [6, 6.07) is 7.31. The summed E-state index contributed by atoms with van der Waals surface area (Å²) in [5, 5.41) is 3.55. The number of halogens is 2. The molecule has 1 aliphatic heterocycles. The molecule has 0 bridgehead atoms. The van der Waals surface area contributed by atoms with E-state index in [1.165, 1.54) is 0 Å². The van der Waals surface area contributed by atoms with Crippen LogP contribution >= 0.6 is 0 Å². The zero-order valence-corrected chi connectivity index (χ0v) is 12.7. The lowest BCUT2D eigenvalue weighted by Gasteiger charge is -2.34. The monoisotopic (exact) mass is 299 g/mol. The Hall–Kier alpha value is -1.20. The number of alkyl halides is 2. The minimum absolute atomic E-state index is 0.0775. The van der Waals surface area contributed by atoms with Crippen LogP contribution in [0.5, 0.6) is 5.75 Å². The SMILES string of the molecule is CC1CC(NC(C)c2cccc(OC(F)F)c2)CC(C)O1. The van der Waals surface area contributed by atoms with Gasteiger partial charge in [0, 0.05) is 12.1 Å². The zero-order valence-electron chi connectivity index (χ0n) is 12.7. The molecule has 3 unspecified atom stereocenters. The van der Waals surface area contributed by atoms with Crippen molar-refractivity contribution in [3.8, 4) is 5.75 Å². The van der Waals surface area contributed by atoms with E-state index in [1.54, 1.807) is 18.2 Å². The van der Waals surface area contributed by atoms with Crippen molar-refractivity contribution in [1.82, 2.24) is 5.32 Å². The van der Waals surface area contributed by atoms with Gasteiger partial charge in [0.15, 0.2) is 0 Å².